The van der Waals surface area contributed by atoms with Gasteiger partial charge in [0.2, 0.25) is 0 Å². The first-order valence-electron chi connectivity index (χ1n) is 7.41. The summed E-state index contributed by atoms with van der Waals surface area (Å²) in [6.45, 7) is 4.41. The van der Waals surface area contributed by atoms with E-state index in [-0.39, 0.29) is 10.9 Å². The van der Waals surface area contributed by atoms with Crippen molar-refractivity contribution in [1.29, 1.82) is 0 Å². The fourth-order valence-electron chi connectivity index (χ4n) is 2.81. The van der Waals surface area contributed by atoms with Gasteiger partial charge in [-0.3, -0.25) is 0 Å². The molecule has 0 atom stereocenters. The van der Waals surface area contributed by atoms with Crippen LogP contribution in [-0.4, -0.2) is 0 Å². The van der Waals surface area contributed by atoms with Crippen molar-refractivity contribution in [2.75, 3.05) is 0 Å². The fraction of sp³-hybridized carbons (Fsp3) is 0.100. The largest absolute Gasteiger partial charge is 0.180 e. The van der Waals surface area contributed by atoms with E-state index in [1.54, 1.807) is 0 Å². The van der Waals surface area contributed by atoms with Crippen LogP contribution < -0.4 is 0 Å². The van der Waals surface area contributed by atoms with E-state index >= 15 is 0 Å². The maximum atomic E-state index is 2.36. The van der Waals surface area contributed by atoms with Gasteiger partial charge in [0, 0.05) is 5.56 Å². The van der Waals surface area contributed by atoms with Crippen molar-refractivity contribution < 1.29 is 0 Å². The highest BCUT2D eigenvalue weighted by Crippen LogP contribution is 2.48. The Morgan fingerprint density at radius 2 is 1.27 bits per heavy atom. The van der Waals surface area contributed by atoms with Crippen LogP contribution >= 0.6 is 11.8 Å². The highest BCUT2D eigenvalue weighted by atomic mass is 32.2. The fourth-order valence-corrected chi connectivity index (χ4v) is 6.80. The zero-order chi connectivity index (χ0) is 15.1. The SMILES string of the molecule is Cc1ccc(C)c([S+]2c3ccccc3Sc3ccccc32)c1. The minimum atomic E-state index is -0.000602. The zero-order valence-electron chi connectivity index (χ0n) is 12.7. The number of hydrogen-bond donors (Lipinski definition) is 0. The van der Waals surface area contributed by atoms with Gasteiger partial charge >= 0.3 is 0 Å². The maximum Gasteiger partial charge on any atom is 0.180 e. The van der Waals surface area contributed by atoms with Crippen LogP contribution in [0.3, 0.4) is 0 Å². The lowest BCUT2D eigenvalue weighted by Gasteiger charge is -2.19. The predicted molar refractivity (Wildman–Crippen MR) is 95.1 cm³/mol. The second kappa shape index (κ2) is 5.53. The number of hydrogen-bond acceptors (Lipinski definition) is 1. The van der Waals surface area contributed by atoms with Crippen LogP contribution in [0, 0.1) is 13.8 Å². The van der Waals surface area contributed by atoms with Gasteiger partial charge < -0.3 is 0 Å². The van der Waals surface area contributed by atoms with Crippen molar-refractivity contribution in [3.05, 3.63) is 77.9 Å². The molecule has 4 rings (SSSR count). The Morgan fingerprint density at radius 1 is 0.682 bits per heavy atom. The van der Waals surface area contributed by atoms with Gasteiger partial charge in [0.25, 0.3) is 0 Å². The van der Waals surface area contributed by atoms with Gasteiger partial charge in [-0.25, -0.2) is 0 Å². The van der Waals surface area contributed by atoms with Gasteiger partial charge in [0.1, 0.15) is 10.9 Å². The normalized spacial score (nSPS) is 13.5. The summed E-state index contributed by atoms with van der Waals surface area (Å²) in [4.78, 5) is 7.16. The Balaban J connectivity index is 2.01. The molecule has 0 bridgehead atoms. The van der Waals surface area contributed by atoms with Crippen LogP contribution in [0.2, 0.25) is 0 Å². The lowest BCUT2D eigenvalue weighted by atomic mass is 10.2. The molecule has 3 aromatic carbocycles. The molecule has 0 saturated heterocycles. The summed E-state index contributed by atoms with van der Waals surface area (Å²) >= 11 is 1.90. The second-order valence-corrected chi connectivity index (χ2v) is 8.59. The Hall–Kier alpha value is -1.64. The molecule has 2 heteroatoms. The summed E-state index contributed by atoms with van der Waals surface area (Å²) in [6.07, 6.45) is 0. The van der Waals surface area contributed by atoms with Crippen LogP contribution in [0.15, 0.2) is 91.2 Å². The minimum absolute atomic E-state index is 0.000602. The Morgan fingerprint density at radius 3 is 1.91 bits per heavy atom. The topological polar surface area (TPSA) is 0 Å². The molecule has 1 aliphatic heterocycles. The van der Waals surface area contributed by atoms with E-state index in [9.17, 15) is 0 Å². The van der Waals surface area contributed by atoms with Gasteiger partial charge in [-0.2, -0.15) is 0 Å². The van der Waals surface area contributed by atoms with E-state index in [1.165, 1.54) is 35.6 Å². The van der Waals surface area contributed by atoms with Crippen molar-refractivity contribution in [3.8, 4) is 0 Å². The van der Waals surface area contributed by atoms with Crippen LogP contribution in [0.1, 0.15) is 11.1 Å². The van der Waals surface area contributed by atoms with Crippen LogP contribution in [0.25, 0.3) is 0 Å². The van der Waals surface area contributed by atoms with E-state index in [2.05, 4.69) is 80.6 Å². The number of benzene rings is 3. The Bertz CT molecular complexity index is 806. The Kier molecular flexibility index (Phi) is 3.51. The molecule has 0 saturated carbocycles. The average molecular weight is 321 g/mol. The summed E-state index contributed by atoms with van der Waals surface area (Å²) in [7, 11) is -0.000602. The standard InChI is InChI=1S/C20H17S2/c1-14-11-12-15(2)20(13-14)22-18-9-5-3-7-16(18)21-17-8-4-6-10-19(17)22/h3-13H,1-2H3/q+1. The minimum Gasteiger partial charge on any atom is -0.0795 e. The van der Waals surface area contributed by atoms with E-state index in [0.717, 1.165) is 0 Å². The molecule has 1 heterocycles. The van der Waals surface area contributed by atoms with Crippen molar-refractivity contribution in [1.82, 2.24) is 0 Å². The van der Waals surface area contributed by atoms with Crippen LogP contribution in [-0.2, 0) is 10.9 Å². The molecular weight excluding hydrogens is 304 g/mol. The molecule has 0 aromatic heterocycles. The van der Waals surface area contributed by atoms with E-state index in [1.807, 2.05) is 11.8 Å². The van der Waals surface area contributed by atoms with Gasteiger partial charge in [0.15, 0.2) is 14.7 Å². The summed E-state index contributed by atoms with van der Waals surface area (Å²) in [5, 5.41) is 0. The van der Waals surface area contributed by atoms with Crippen LogP contribution in [0.4, 0.5) is 0 Å². The first-order chi connectivity index (χ1) is 10.7. The molecular formula is C20H17S2+. The van der Waals surface area contributed by atoms with Gasteiger partial charge in [-0.1, -0.05) is 48.2 Å². The van der Waals surface area contributed by atoms with E-state index in [4.69, 9.17) is 0 Å². The summed E-state index contributed by atoms with van der Waals surface area (Å²) in [5.41, 5.74) is 2.71. The third-order valence-electron chi connectivity index (χ3n) is 3.92. The predicted octanol–water partition coefficient (Wildman–Crippen LogP) is 5.86. The van der Waals surface area contributed by atoms with Crippen LogP contribution in [0.5, 0.6) is 0 Å². The molecule has 22 heavy (non-hydrogen) atoms. The molecule has 1 aliphatic rings. The molecule has 0 aliphatic carbocycles. The quantitative estimate of drug-likeness (QED) is 0.395. The molecule has 0 N–H and O–H groups in total. The van der Waals surface area contributed by atoms with Crippen molar-refractivity contribution in [2.45, 2.75) is 38.3 Å². The third-order valence-corrected chi connectivity index (χ3v) is 7.80. The maximum absolute atomic E-state index is 2.36. The van der Waals surface area contributed by atoms with Gasteiger partial charge in [0.05, 0.1) is 9.79 Å². The highest BCUT2D eigenvalue weighted by molar-refractivity contribution is 8.04. The molecule has 3 aromatic rings. The summed E-state index contributed by atoms with van der Waals surface area (Å²) < 4.78 is 0. The van der Waals surface area contributed by atoms with Crippen molar-refractivity contribution in [3.63, 3.8) is 0 Å². The molecule has 0 nitrogen and oxygen atoms in total. The first kappa shape index (κ1) is 14.0. The molecule has 0 fully saturated rings. The zero-order valence-corrected chi connectivity index (χ0v) is 14.3. The van der Waals surface area contributed by atoms with E-state index in [0.29, 0.717) is 0 Å². The number of rotatable bonds is 1. The number of aryl methyl sites for hydroxylation is 2. The first-order valence-corrected chi connectivity index (χ1v) is 9.45. The molecule has 0 amide bonds. The Labute approximate surface area is 138 Å². The third kappa shape index (κ3) is 2.27. The molecule has 0 spiro atoms. The lowest BCUT2D eigenvalue weighted by Crippen LogP contribution is -2.12. The van der Waals surface area contributed by atoms with Crippen molar-refractivity contribution >= 4 is 22.7 Å². The van der Waals surface area contributed by atoms with Gasteiger partial charge in [-0.15, -0.1) is 0 Å². The van der Waals surface area contributed by atoms with E-state index < -0.39 is 0 Å². The van der Waals surface area contributed by atoms with Crippen molar-refractivity contribution in [2.24, 2.45) is 0 Å². The highest BCUT2D eigenvalue weighted by Gasteiger charge is 2.38. The second-order valence-electron chi connectivity index (χ2n) is 5.57. The summed E-state index contributed by atoms with van der Waals surface area (Å²) in [5.74, 6) is 0. The molecule has 0 unspecified atom stereocenters. The van der Waals surface area contributed by atoms with Gasteiger partial charge in [-0.05, 0) is 49.7 Å². The molecule has 0 radical (unpaired) electrons. The number of fused-ring (bicyclic) bond motifs is 2. The summed E-state index contributed by atoms with van der Waals surface area (Å²) in [6, 6.07) is 24.5. The smallest absolute Gasteiger partial charge is 0.0795 e. The molecule has 108 valence electrons. The lowest BCUT2D eigenvalue weighted by molar-refractivity contribution is 1.11. The monoisotopic (exact) mass is 321 g/mol. The average Bonchev–Trinajstić information content (AvgIpc) is 2.55.